The third-order valence-corrected chi connectivity index (χ3v) is 4.39. The lowest BCUT2D eigenvalue weighted by molar-refractivity contribution is 0.242. The Labute approximate surface area is 109 Å². The van der Waals surface area contributed by atoms with Crippen molar-refractivity contribution < 1.29 is 0 Å². The molecular formula is C14H22N2S. The molecule has 0 bridgehead atoms. The highest BCUT2D eigenvalue weighted by Crippen LogP contribution is 2.21. The van der Waals surface area contributed by atoms with Crippen LogP contribution in [0.15, 0.2) is 30.3 Å². The summed E-state index contributed by atoms with van der Waals surface area (Å²) in [5.41, 5.74) is 7.58. The molecule has 1 fully saturated rings. The third-order valence-electron chi connectivity index (χ3n) is 3.45. The number of hydrogen-bond donors (Lipinski definition) is 1. The molecule has 0 radical (unpaired) electrons. The largest absolute Gasteiger partial charge is 0.324 e. The summed E-state index contributed by atoms with van der Waals surface area (Å²) in [7, 11) is 0. The quantitative estimate of drug-likeness (QED) is 0.889. The Kier molecular flexibility index (Phi) is 4.89. The summed E-state index contributed by atoms with van der Waals surface area (Å²) in [4.78, 5) is 2.55. The van der Waals surface area contributed by atoms with Crippen molar-refractivity contribution in [3.63, 3.8) is 0 Å². The van der Waals surface area contributed by atoms with Crippen LogP contribution in [0.4, 0.5) is 0 Å². The molecule has 1 aromatic rings. The van der Waals surface area contributed by atoms with Crippen LogP contribution in [0.25, 0.3) is 0 Å². The standard InChI is InChI=1S/C14H22N2S/c1-12(11-16-7-9-17-10-8-16)14(15)13-5-3-2-4-6-13/h2-6,12,14H,7-11,15H2,1H3. The van der Waals surface area contributed by atoms with Gasteiger partial charge >= 0.3 is 0 Å². The van der Waals surface area contributed by atoms with Gasteiger partial charge in [0.25, 0.3) is 0 Å². The molecule has 0 saturated carbocycles. The molecule has 2 N–H and O–H groups in total. The van der Waals surface area contributed by atoms with Crippen LogP contribution in [0.5, 0.6) is 0 Å². The number of nitrogens with two attached hydrogens (primary N) is 1. The van der Waals surface area contributed by atoms with Gasteiger partial charge in [0.15, 0.2) is 0 Å². The number of thioether (sulfide) groups is 1. The van der Waals surface area contributed by atoms with Crippen LogP contribution in [0.1, 0.15) is 18.5 Å². The molecule has 94 valence electrons. The Morgan fingerprint density at radius 1 is 1.24 bits per heavy atom. The fourth-order valence-corrected chi connectivity index (χ4v) is 3.29. The summed E-state index contributed by atoms with van der Waals surface area (Å²) in [6.45, 7) is 5.82. The smallest absolute Gasteiger partial charge is 0.0333 e. The molecule has 17 heavy (non-hydrogen) atoms. The Balaban J connectivity index is 1.88. The first-order valence-electron chi connectivity index (χ1n) is 6.38. The number of hydrogen-bond acceptors (Lipinski definition) is 3. The van der Waals surface area contributed by atoms with Crippen molar-refractivity contribution in [3.05, 3.63) is 35.9 Å². The third kappa shape index (κ3) is 3.73. The lowest BCUT2D eigenvalue weighted by Crippen LogP contribution is -2.38. The monoisotopic (exact) mass is 250 g/mol. The van der Waals surface area contributed by atoms with E-state index in [1.807, 2.05) is 6.07 Å². The number of benzene rings is 1. The Morgan fingerprint density at radius 2 is 1.88 bits per heavy atom. The van der Waals surface area contributed by atoms with Crippen molar-refractivity contribution in [3.8, 4) is 0 Å². The van der Waals surface area contributed by atoms with Gasteiger partial charge in [0.2, 0.25) is 0 Å². The molecule has 2 unspecified atom stereocenters. The van der Waals surface area contributed by atoms with E-state index in [9.17, 15) is 0 Å². The molecule has 0 aliphatic carbocycles. The number of nitrogens with zero attached hydrogens (tertiary/aromatic N) is 1. The maximum atomic E-state index is 6.32. The van der Waals surface area contributed by atoms with E-state index in [1.54, 1.807) is 0 Å². The minimum atomic E-state index is 0.158. The van der Waals surface area contributed by atoms with Crippen LogP contribution in [-0.2, 0) is 0 Å². The predicted octanol–water partition coefficient (Wildman–Crippen LogP) is 2.37. The van der Waals surface area contributed by atoms with Crippen molar-refractivity contribution in [1.29, 1.82) is 0 Å². The molecule has 3 heteroatoms. The summed E-state index contributed by atoms with van der Waals surface area (Å²) >= 11 is 2.06. The topological polar surface area (TPSA) is 29.3 Å². The van der Waals surface area contributed by atoms with Gasteiger partial charge in [-0.05, 0) is 11.5 Å². The van der Waals surface area contributed by atoms with E-state index in [1.165, 1.54) is 30.2 Å². The van der Waals surface area contributed by atoms with Gasteiger partial charge in [-0.15, -0.1) is 0 Å². The molecule has 0 aromatic heterocycles. The molecule has 1 saturated heterocycles. The molecule has 1 aliphatic heterocycles. The zero-order chi connectivity index (χ0) is 12.1. The molecule has 1 aliphatic rings. The van der Waals surface area contributed by atoms with E-state index in [4.69, 9.17) is 5.73 Å². The lowest BCUT2D eigenvalue weighted by atomic mass is 9.95. The lowest BCUT2D eigenvalue weighted by Gasteiger charge is -2.31. The SMILES string of the molecule is CC(CN1CCSCC1)C(N)c1ccccc1. The van der Waals surface area contributed by atoms with E-state index >= 15 is 0 Å². The maximum Gasteiger partial charge on any atom is 0.0333 e. The molecule has 2 atom stereocenters. The zero-order valence-corrected chi connectivity index (χ0v) is 11.3. The highest BCUT2D eigenvalue weighted by molar-refractivity contribution is 7.99. The first-order chi connectivity index (χ1) is 8.27. The zero-order valence-electron chi connectivity index (χ0n) is 10.5. The van der Waals surface area contributed by atoms with Crippen LogP contribution < -0.4 is 5.73 Å². The van der Waals surface area contributed by atoms with Crippen LogP contribution in [0.3, 0.4) is 0 Å². The fourth-order valence-electron chi connectivity index (χ4n) is 2.31. The van der Waals surface area contributed by atoms with Gasteiger partial charge in [-0.3, -0.25) is 0 Å². The van der Waals surface area contributed by atoms with Gasteiger partial charge in [-0.1, -0.05) is 37.3 Å². The normalized spacial score (nSPS) is 21.1. The molecule has 0 spiro atoms. The van der Waals surface area contributed by atoms with E-state index in [-0.39, 0.29) is 6.04 Å². The maximum absolute atomic E-state index is 6.32. The Hall–Kier alpha value is -0.510. The van der Waals surface area contributed by atoms with E-state index in [0.29, 0.717) is 5.92 Å². The van der Waals surface area contributed by atoms with Gasteiger partial charge in [0.1, 0.15) is 0 Å². The van der Waals surface area contributed by atoms with Gasteiger partial charge in [0.05, 0.1) is 0 Å². The first-order valence-corrected chi connectivity index (χ1v) is 7.53. The van der Waals surface area contributed by atoms with E-state index < -0.39 is 0 Å². The van der Waals surface area contributed by atoms with Crippen molar-refractivity contribution in [2.24, 2.45) is 11.7 Å². The van der Waals surface area contributed by atoms with Crippen LogP contribution in [0.2, 0.25) is 0 Å². The van der Waals surface area contributed by atoms with Crippen molar-refractivity contribution in [1.82, 2.24) is 4.90 Å². The predicted molar refractivity (Wildman–Crippen MR) is 76.3 cm³/mol. The summed E-state index contributed by atoms with van der Waals surface area (Å²) in [5, 5.41) is 0. The van der Waals surface area contributed by atoms with Gasteiger partial charge in [0, 0.05) is 37.2 Å². The summed E-state index contributed by atoms with van der Waals surface area (Å²) in [6, 6.07) is 10.6. The van der Waals surface area contributed by atoms with Crippen LogP contribution in [0, 0.1) is 5.92 Å². The molecule has 2 nitrogen and oxygen atoms in total. The van der Waals surface area contributed by atoms with Gasteiger partial charge < -0.3 is 10.6 Å². The second kappa shape index (κ2) is 6.43. The van der Waals surface area contributed by atoms with E-state index in [0.717, 1.165) is 6.54 Å². The van der Waals surface area contributed by atoms with Crippen LogP contribution in [-0.4, -0.2) is 36.0 Å². The average Bonchev–Trinajstić information content (AvgIpc) is 2.40. The summed E-state index contributed by atoms with van der Waals surface area (Å²) in [5.74, 6) is 3.06. The second-order valence-corrected chi connectivity index (χ2v) is 6.05. The average molecular weight is 250 g/mol. The van der Waals surface area contributed by atoms with E-state index in [2.05, 4.69) is 47.9 Å². The minimum absolute atomic E-state index is 0.158. The molecule has 1 heterocycles. The Morgan fingerprint density at radius 3 is 2.53 bits per heavy atom. The summed E-state index contributed by atoms with van der Waals surface area (Å²) in [6.07, 6.45) is 0. The molecule has 2 rings (SSSR count). The molecule has 0 amide bonds. The highest BCUT2D eigenvalue weighted by atomic mass is 32.2. The van der Waals surface area contributed by atoms with Gasteiger partial charge in [-0.2, -0.15) is 11.8 Å². The first kappa shape index (κ1) is 12.9. The molecular weight excluding hydrogens is 228 g/mol. The van der Waals surface area contributed by atoms with Crippen molar-refractivity contribution >= 4 is 11.8 Å². The highest BCUT2D eigenvalue weighted by Gasteiger charge is 2.19. The molecule has 1 aromatic carbocycles. The van der Waals surface area contributed by atoms with Gasteiger partial charge in [-0.25, -0.2) is 0 Å². The van der Waals surface area contributed by atoms with Crippen molar-refractivity contribution in [2.45, 2.75) is 13.0 Å². The van der Waals surface area contributed by atoms with Crippen LogP contribution >= 0.6 is 11.8 Å². The number of rotatable bonds is 4. The second-order valence-electron chi connectivity index (χ2n) is 4.83. The minimum Gasteiger partial charge on any atom is -0.324 e. The summed E-state index contributed by atoms with van der Waals surface area (Å²) < 4.78 is 0. The Bertz CT molecular complexity index is 322. The fraction of sp³-hybridized carbons (Fsp3) is 0.571. The van der Waals surface area contributed by atoms with Crippen molar-refractivity contribution in [2.75, 3.05) is 31.1 Å².